The molecule has 0 aliphatic heterocycles. The maximum absolute atomic E-state index is 12.8. The molecule has 0 spiro atoms. The van der Waals surface area contributed by atoms with Gasteiger partial charge in [-0.3, -0.25) is 4.79 Å². The Morgan fingerprint density at radius 3 is 2.92 bits per heavy atom. The number of rotatable bonds is 7. The first-order chi connectivity index (χ1) is 11.8. The predicted octanol–water partition coefficient (Wildman–Crippen LogP) is 3.68. The van der Waals surface area contributed by atoms with Crippen LogP contribution in [-0.4, -0.2) is 27.8 Å². The van der Waals surface area contributed by atoms with Crippen LogP contribution in [0.4, 0.5) is 13.2 Å². The number of amides is 1. The van der Waals surface area contributed by atoms with Crippen molar-refractivity contribution >= 4 is 17.7 Å². The summed E-state index contributed by atoms with van der Waals surface area (Å²) in [5.74, 6) is 0.433. The van der Waals surface area contributed by atoms with Gasteiger partial charge in [-0.25, -0.2) is 0 Å². The number of alkyl halides is 3. The number of thioether (sulfide) groups is 1. The third kappa shape index (κ3) is 5.35. The summed E-state index contributed by atoms with van der Waals surface area (Å²) >= 11 is 1.28. The number of benzene rings is 1. The highest BCUT2D eigenvalue weighted by atomic mass is 32.2. The van der Waals surface area contributed by atoms with E-state index in [4.69, 9.17) is 4.52 Å². The lowest BCUT2D eigenvalue weighted by Gasteiger charge is -2.09. The monoisotopic (exact) mass is 371 g/mol. The SMILES string of the molecule is C=CCNC(=O)C(C)SCc1nc(-c2cccc(C(F)(F)F)c2)no1. The van der Waals surface area contributed by atoms with E-state index >= 15 is 0 Å². The summed E-state index contributed by atoms with van der Waals surface area (Å²) in [6.07, 6.45) is -2.86. The lowest BCUT2D eigenvalue weighted by atomic mass is 10.1. The molecule has 1 aromatic carbocycles. The van der Waals surface area contributed by atoms with Gasteiger partial charge in [0.05, 0.1) is 16.6 Å². The average molecular weight is 371 g/mol. The molecule has 1 unspecified atom stereocenters. The van der Waals surface area contributed by atoms with Crippen LogP contribution in [0.1, 0.15) is 18.4 Å². The normalized spacial score (nSPS) is 12.6. The first-order valence-electron chi connectivity index (χ1n) is 7.31. The molecule has 5 nitrogen and oxygen atoms in total. The van der Waals surface area contributed by atoms with Gasteiger partial charge in [-0.05, 0) is 19.1 Å². The van der Waals surface area contributed by atoms with Crippen LogP contribution in [0.5, 0.6) is 0 Å². The lowest BCUT2D eigenvalue weighted by molar-refractivity contribution is -0.137. The van der Waals surface area contributed by atoms with E-state index in [0.717, 1.165) is 12.1 Å². The minimum Gasteiger partial charge on any atom is -0.352 e. The molecule has 1 heterocycles. The Kier molecular flexibility index (Phi) is 6.24. The van der Waals surface area contributed by atoms with E-state index in [-0.39, 0.29) is 34.2 Å². The van der Waals surface area contributed by atoms with Gasteiger partial charge in [-0.1, -0.05) is 23.4 Å². The number of hydrogen-bond acceptors (Lipinski definition) is 5. The highest BCUT2D eigenvalue weighted by Gasteiger charge is 2.30. The molecule has 0 bridgehead atoms. The van der Waals surface area contributed by atoms with Crippen molar-refractivity contribution in [3.8, 4) is 11.4 Å². The van der Waals surface area contributed by atoms with Crippen LogP contribution in [0.2, 0.25) is 0 Å². The summed E-state index contributed by atoms with van der Waals surface area (Å²) in [6.45, 7) is 5.62. The van der Waals surface area contributed by atoms with E-state index in [2.05, 4.69) is 22.0 Å². The van der Waals surface area contributed by atoms with Crippen molar-refractivity contribution in [3.63, 3.8) is 0 Å². The molecule has 134 valence electrons. The Labute approximate surface area is 146 Å². The minimum absolute atomic E-state index is 0.0745. The fourth-order valence-electron chi connectivity index (χ4n) is 1.85. The molecular formula is C16H16F3N3O2S. The Morgan fingerprint density at radius 1 is 1.48 bits per heavy atom. The molecule has 9 heteroatoms. The second kappa shape index (κ2) is 8.19. The molecule has 1 amide bonds. The molecule has 1 aromatic heterocycles. The molecule has 0 aliphatic rings. The third-order valence-electron chi connectivity index (χ3n) is 3.16. The smallest absolute Gasteiger partial charge is 0.352 e. The molecule has 2 rings (SSSR count). The topological polar surface area (TPSA) is 68.0 Å². The Morgan fingerprint density at radius 2 is 2.24 bits per heavy atom. The Bertz CT molecular complexity index is 746. The maximum Gasteiger partial charge on any atom is 0.416 e. The summed E-state index contributed by atoms with van der Waals surface area (Å²) in [5, 5.41) is 6.03. The average Bonchev–Trinajstić information content (AvgIpc) is 3.06. The first kappa shape index (κ1) is 19.0. The second-order valence-electron chi connectivity index (χ2n) is 5.08. The quantitative estimate of drug-likeness (QED) is 0.752. The number of carbonyl (C=O) groups is 1. The fraction of sp³-hybridized carbons (Fsp3) is 0.312. The number of hydrogen-bond donors (Lipinski definition) is 1. The number of carbonyl (C=O) groups excluding carboxylic acids is 1. The van der Waals surface area contributed by atoms with Crippen molar-refractivity contribution in [2.24, 2.45) is 0 Å². The van der Waals surface area contributed by atoms with Crippen LogP contribution in [0.15, 0.2) is 41.4 Å². The van der Waals surface area contributed by atoms with Crippen LogP contribution in [-0.2, 0) is 16.7 Å². The van der Waals surface area contributed by atoms with Crippen molar-refractivity contribution in [3.05, 3.63) is 48.4 Å². The van der Waals surface area contributed by atoms with Gasteiger partial charge in [-0.2, -0.15) is 18.2 Å². The second-order valence-corrected chi connectivity index (χ2v) is 6.41. The largest absolute Gasteiger partial charge is 0.416 e. The lowest BCUT2D eigenvalue weighted by Crippen LogP contribution is -2.30. The van der Waals surface area contributed by atoms with E-state index in [1.807, 2.05) is 0 Å². The van der Waals surface area contributed by atoms with Crippen LogP contribution >= 0.6 is 11.8 Å². The molecule has 1 atom stereocenters. The Balaban J connectivity index is 2.01. The molecule has 0 fully saturated rings. The molecule has 0 aliphatic carbocycles. The number of halogens is 3. The van der Waals surface area contributed by atoms with Gasteiger partial charge in [0.2, 0.25) is 17.6 Å². The highest BCUT2D eigenvalue weighted by molar-refractivity contribution is 7.99. The first-order valence-corrected chi connectivity index (χ1v) is 8.36. The summed E-state index contributed by atoms with van der Waals surface area (Å²) in [6, 6.07) is 4.70. The van der Waals surface area contributed by atoms with Gasteiger partial charge >= 0.3 is 6.18 Å². The molecule has 0 saturated carbocycles. The summed E-state index contributed by atoms with van der Waals surface area (Å²) in [7, 11) is 0. The van der Waals surface area contributed by atoms with Gasteiger partial charge in [0, 0.05) is 12.1 Å². The van der Waals surface area contributed by atoms with Crippen molar-refractivity contribution in [1.29, 1.82) is 0 Å². The summed E-state index contributed by atoms with van der Waals surface area (Å²) in [5.41, 5.74) is -0.565. The number of aromatic nitrogens is 2. The van der Waals surface area contributed by atoms with Crippen LogP contribution in [0, 0.1) is 0 Å². The number of nitrogens with zero attached hydrogens (tertiary/aromatic N) is 2. The maximum atomic E-state index is 12.8. The van der Waals surface area contributed by atoms with Crippen molar-refractivity contribution in [2.45, 2.75) is 24.1 Å². The van der Waals surface area contributed by atoms with E-state index in [1.165, 1.54) is 23.9 Å². The predicted molar refractivity (Wildman–Crippen MR) is 88.7 cm³/mol. The van der Waals surface area contributed by atoms with Gasteiger partial charge in [0.15, 0.2) is 0 Å². The van der Waals surface area contributed by atoms with Gasteiger partial charge < -0.3 is 9.84 Å². The molecule has 1 N–H and O–H groups in total. The van der Waals surface area contributed by atoms with Gasteiger partial charge in [0.1, 0.15) is 0 Å². The molecule has 25 heavy (non-hydrogen) atoms. The summed E-state index contributed by atoms with van der Waals surface area (Å²) < 4.78 is 43.3. The molecule has 0 saturated heterocycles. The summed E-state index contributed by atoms with van der Waals surface area (Å²) in [4.78, 5) is 15.8. The molecule has 0 radical (unpaired) electrons. The van der Waals surface area contributed by atoms with Crippen LogP contribution < -0.4 is 5.32 Å². The van der Waals surface area contributed by atoms with Crippen LogP contribution in [0.3, 0.4) is 0 Å². The zero-order valence-corrected chi connectivity index (χ0v) is 14.2. The van der Waals surface area contributed by atoms with E-state index in [9.17, 15) is 18.0 Å². The van der Waals surface area contributed by atoms with Gasteiger partial charge in [-0.15, -0.1) is 18.3 Å². The van der Waals surface area contributed by atoms with Crippen molar-refractivity contribution in [1.82, 2.24) is 15.5 Å². The standard InChI is InChI=1S/C16H16F3N3O2S/c1-3-7-20-15(23)10(2)25-9-13-21-14(22-24-13)11-5-4-6-12(8-11)16(17,18)19/h3-6,8,10H,1,7,9H2,2H3,(H,20,23). The van der Waals surface area contributed by atoms with Crippen molar-refractivity contribution in [2.75, 3.05) is 6.54 Å². The molecular weight excluding hydrogens is 355 g/mol. The van der Waals surface area contributed by atoms with E-state index < -0.39 is 11.7 Å². The van der Waals surface area contributed by atoms with Crippen LogP contribution in [0.25, 0.3) is 11.4 Å². The Hall–Kier alpha value is -2.29. The fourth-order valence-corrected chi connectivity index (χ4v) is 2.60. The zero-order valence-electron chi connectivity index (χ0n) is 13.3. The zero-order chi connectivity index (χ0) is 18.4. The highest BCUT2D eigenvalue weighted by Crippen LogP contribution is 2.31. The van der Waals surface area contributed by atoms with E-state index in [0.29, 0.717) is 6.54 Å². The van der Waals surface area contributed by atoms with Crippen molar-refractivity contribution < 1.29 is 22.5 Å². The minimum atomic E-state index is -4.44. The molecule has 2 aromatic rings. The number of nitrogens with one attached hydrogen (secondary N) is 1. The third-order valence-corrected chi connectivity index (χ3v) is 4.29. The van der Waals surface area contributed by atoms with E-state index in [1.54, 1.807) is 13.0 Å². The van der Waals surface area contributed by atoms with Gasteiger partial charge in [0.25, 0.3) is 0 Å².